The molecule has 1 aromatic heterocycles. The molecule has 0 unspecified atom stereocenters. The number of carbonyl (C=O) groups excluding carboxylic acids is 1. The number of likely N-dealkylation sites (N-methyl/N-ethyl adjacent to an activating group) is 1. The predicted octanol–water partition coefficient (Wildman–Crippen LogP) is 1.28. The van der Waals surface area contributed by atoms with E-state index < -0.39 is 0 Å². The van der Waals surface area contributed by atoms with E-state index in [4.69, 9.17) is 9.15 Å². The Hall–Kier alpha value is -1.37. The molecule has 132 valence electrons. The van der Waals surface area contributed by atoms with Gasteiger partial charge in [0.25, 0.3) is 5.91 Å². The summed E-state index contributed by atoms with van der Waals surface area (Å²) >= 11 is 0. The van der Waals surface area contributed by atoms with Crippen LogP contribution >= 0.6 is 0 Å². The number of fused-ring (bicyclic) bond motifs is 4. The van der Waals surface area contributed by atoms with Crippen molar-refractivity contribution in [3.05, 3.63) is 23.7 Å². The van der Waals surface area contributed by atoms with Gasteiger partial charge in [0.1, 0.15) is 12.0 Å². The summed E-state index contributed by atoms with van der Waals surface area (Å²) in [4.78, 5) is 19.7. The first-order valence-corrected chi connectivity index (χ1v) is 9.06. The Labute approximate surface area is 143 Å². The van der Waals surface area contributed by atoms with Gasteiger partial charge in [0.05, 0.1) is 25.3 Å². The van der Waals surface area contributed by atoms with Crippen molar-refractivity contribution in [2.24, 2.45) is 5.92 Å². The lowest BCUT2D eigenvalue weighted by Crippen LogP contribution is -2.47. The maximum absolute atomic E-state index is 13.0. The van der Waals surface area contributed by atoms with E-state index in [1.807, 2.05) is 6.07 Å². The van der Waals surface area contributed by atoms with Crippen LogP contribution < -0.4 is 0 Å². The number of rotatable bonds is 3. The molecule has 6 nitrogen and oxygen atoms in total. The first-order chi connectivity index (χ1) is 11.7. The molecule has 2 bridgehead atoms. The Bertz CT molecular complexity index is 582. The van der Waals surface area contributed by atoms with Gasteiger partial charge in [-0.05, 0) is 31.9 Å². The maximum Gasteiger partial charge on any atom is 0.257 e. The molecule has 24 heavy (non-hydrogen) atoms. The number of amides is 1. The molecule has 1 aromatic rings. The molecule has 0 radical (unpaired) electrons. The zero-order valence-corrected chi connectivity index (χ0v) is 14.4. The summed E-state index contributed by atoms with van der Waals surface area (Å²) in [5.74, 6) is 1.62. The van der Waals surface area contributed by atoms with E-state index in [0.717, 1.165) is 64.7 Å². The molecule has 0 saturated carbocycles. The first kappa shape index (κ1) is 16.1. The third-order valence-electron chi connectivity index (χ3n) is 5.54. The van der Waals surface area contributed by atoms with Crippen molar-refractivity contribution in [1.82, 2.24) is 14.7 Å². The summed E-state index contributed by atoms with van der Waals surface area (Å²) in [6.07, 6.45) is 4.01. The van der Waals surface area contributed by atoms with Crippen LogP contribution in [-0.2, 0) is 11.3 Å². The third-order valence-corrected chi connectivity index (χ3v) is 5.54. The van der Waals surface area contributed by atoms with Crippen LogP contribution in [-0.4, -0.2) is 79.6 Å². The molecule has 0 aliphatic carbocycles. The Morgan fingerprint density at radius 3 is 2.88 bits per heavy atom. The fraction of sp³-hybridized carbons (Fsp3) is 0.722. The van der Waals surface area contributed by atoms with E-state index in [0.29, 0.717) is 17.5 Å². The van der Waals surface area contributed by atoms with E-state index in [1.54, 1.807) is 6.26 Å². The lowest BCUT2D eigenvalue weighted by molar-refractivity contribution is 0.0313. The van der Waals surface area contributed by atoms with Crippen LogP contribution in [0.5, 0.6) is 0 Å². The molecule has 4 aliphatic rings. The largest absolute Gasteiger partial charge is 0.467 e. The maximum atomic E-state index is 13.0. The van der Waals surface area contributed by atoms with Crippen LogP contribution in [0, 0.1) is 5.92 Å². The molecule has 4 aliphatic heterocycles. The Morgan fingerprint density at radius 2 is 2.04 bits per heavy atom. The minimum Gasteiger partial charge on any atom is -0.467 e. The average Bonchev–Trinajstić information content (AvgIpc) is 2.89. The molecule has 5 heterocycles. The number of morpholine rings is 1. The summed E-state index contributed by atoms with van der Waals surface area (Å²) in [5.41, 5.74) is 0.702. The third kappa shape index (κ3) is 3.36. The molecule has 6 heteroatoms. The monoisotopic (exact) mass is 333 g/mol. The van der Waals surface area contributed by atoms with Crippen molar-refractivity contribution >= 4 is 5.91 Å². The SMILES string of the molecule is CN1C[C@@H]2CC[C@H](C1)N(C(=O)c1coc(CN3CCOCC3)c1)C2. The quantitative estimate of drug-likeness (QED) is 0.834. The van der Waals surface area contributed by atoms with Gasteiger partial charge < -0.3 is 19.0 Å². The van der Waals surface area contributed by atoms with Gasteiger partial charge in [0, 0.05) is 38.8 Å². The molecule has 0 aromatic carbocycles. The highest BCUT2D eigenvalue weighted by Crippen LogP contribution is 2.29. The molecule has 0 N–H and O–H groups in total. The molecule has 5 rings (SSSR count). The van der Waals surface area contributed by atoms with Crippen molar-refractivity contribution in [2.75, 3.05) is 53.0 Å². The molecule has 4 fully saturated rings. The van der Waals surface area contributed by atoms with Crippen molar-refractivity contribution in [2.45, 2.75) is 25.4 Å². The number of furan rings is 1. The van der Waals surface area contributed by atoms with Crippen LogP contribution in [0.1, 0.15) is 29.0 Å². The van der Waals surface area contributed by atoms with Crippen molar-refractivity contribution in [3.8, 4) is 0 Å². The molecule has 4 saturated heterocycles. The highest BCUT2D eigenvalue weighted by atomic mass is 16.5. The molecular formula is C18H27N3O3. The molecule has 1 amide bonds. The molecule has 2 atom stereocenters. The average molecular weight is 333 g/mol. The lowest BCUT2D eigenvalue weighted by atomic mass is 9.94. The van der Waals surface area contributed by atoms with Gasteiger partial charge in [-0.1, -0.05) is 0 Å². The van der Waals surface area contributed by atoms with Crippen molar-refractivity contribution in [3.63, 3.8) is 0 Å². The second-order valence-electron chi connectivity index (χ2n) is 7.47. The van der Waals surface area contributed by atoms with Gasteiger partial charge in [-0.3, -0.25) is 9.69 Å². The minimum atomic E-state index is 0.136. The van der Waals surface area contributed by atoms with Gasteiger partial charge in [-0.15, -0.1) is 0 Å². The molecular weight excluding hydrogens is 306 g/mol. The van der Waals surface area contributed by atoms with E-state index in [2.05, 4.69) is 21.7 Å². The summed E-state index contributed by atoms with van der Waals surface area (Å²) in [6.45, 7) is 7.13. The number of piperidine rings is 1. The highest BCUT2D eigenvalue weighted by Gasteiger charge is 2.36. The zero-order chi connectivity index (χ0) is 16.5. The van der Waals surface area contributed by atoms with E-state index in [9.17, 15) is 4.79 Å². The Morgan fingerprint density at radius 1 is 1.21 bits per heavy atom. The van der Waals surface area contributed by atoms with Gasteiger partial charge in [0.2, 0.25) is 0 Å². The lowest BCUT2D eigenvalue weighted by Gasteiger charge is -2.36. The Balaban J connectivity index is 1.43. The van der Waals surface area contributed by atoms with Gasteiger partial charge >= 0.3 is 0 Å². The smallest absolute Gasteiger partial charge is 0.257 e. The van der Waals surface area contributed by atoms with Crippen LogP contribution in [0.2, 0.25) is 0 Å². The normalized spacial score (nSPS) is 29.0. The van der Waals surface area contributed by atoms with Crippen LogP contribution in [0.4, 0.5) is 0 Å². The van der Waals surface area contributed by atoms with E-state index in [1.165, 1.54) is 6.42 Å². The molecule has 0 spiro atoms. The second kappa shape index (κ2) is 6.86. The number of hydrogen-bond donors (Lipinski definition) is 0. The van der Waals surface area contributed by atoms with E-state index >= 15 is 0 Å². The van der Waals surface area contributed by atoms with Gasteiger partial charge in [0.15, 0.2) is 0 Å². The highest BCUT2D eigenvalue weighted by molar-refractivity contribution is 5.94. The fourth-order valence-corrected chi connectivity index (χ4v) is 4.29. The van der Waals surface area contributed by atoms with Crippen LogP contribution in [0.15, 0.2) is 16.7 Å². The fourth-order valence-electron chi connectivity index (χ4n) is 4.29. The summed E-state index contributed by atoms with van der Waals surface area (Å²) in [6, 6.07) is 2.28. The zero-order valence-electron chi connectivity index (χ0n) is 14.4. The predicted molar refractivity (Wildman–Crippen MR) is 89.8 cm³/mol. The van der Waals surface area contributed by atoms with E-state index in [-0.39, 0.29) is 5.91 Å². The summed E-state index contributed by atoms with van der Waals surface area (Å²) in [5, 5.41) is 0. The number of ether oxygens (including phenoxy) is 1. The summed E-state index contributed by atoms with van der Waals surface area (Å²) in [7, 11) is 2.16. The Kier molecular flexibility index (Phi) is 4.61. The number of carbonyl (C=O) groups is 1. The minimum absolute atomic E-state index is 0.136. The first-order valence-electron chi connectivity index (χ1n) is 9.06. The van der Waals surface area contributed by atoms with Crippen LogP contribution in [0.25, 0.3) is 0 Å². The van der Waals surface area contributed by atoms with Crippen LogP contribution in [0.3, 0.4) is 0 Å². The topological polar surface area (TPSA) is 49.2 Å². The summed E-state index contributed by atoms with van der Waals surface area (Å²) < 4.78 is 11.0. The number of hydrogen-bond acceptors (Lipinski definition) is 5. The van der Waals surface area contributed by atoms with Crippen molar-refractivity contribution < 1.29 is 13.9 Å². The van der Waals surface area contributed by atoms with Crippen molar-refractivity contribution in [1.29, 1.82) is 0 Å². The standard InChI is InChI=1S/C18H27N3O3/c1-19-9-14-2-3-16(11-19)21(10-14)18(22)15-8-17(24-13-15)12-20-4-6-23-7-5-20/h8,13-14,16H,2-7,9-12H2,1H3/t14-,16+/m0/s1. The van der Waals surface area contributed by atoms with Gasteiger partial charge in [-0.25, -0.2) is 0 Å². The van der Waals surface area contributed by atoms with Gasteiger partial charge in [-0.2, -0.15) is 0 Å². The number of nitrogens with zero attached hydrogens (tertiary/aromatic N) is 3. The second-order valence-corrected chi connectivity index (χ2v) is 7.47.